The van der Waals surface area contributed by atoms with E-state index in [9.17, 15) is 4.79 Å². The molecule has 128 valence electrons. The smallest absolute Gasteiger partial charge is 0.253 e. The van der Waals surface area contributed by atoms with Crippen molar-refractivity contribution in [2.75, 3.05) is 32.5 Å². The first-order valence-corrected chi connectivity index (χ1v) is 8.32. The molecule has 2 aromatic rings. The summed E-state index contributed by atoms with van der Waals surface area (Å²) in [7, 11) is 3.54. The molecule has 6 heteroatoms. The van der Waals surface area contributed by atoms with Gasteiger partial charge in [0.2, 0.25) is 0 Å². The molecule has 1 aromatic heterocycles. The number of aromatic nitrogens is 2. The van der Waals surface area contributed by atoms with Gasteiger partial charge >= 0.3 is 0 Å². The van der Waals surface area contributed by atoms with Crippen molar-refractivity contribution in [1.82, 2.24) is 20.0 Å². The highest BCUT2D eigenvalue weighted by molar-refractivity contribution is 5.94. The molecule has 0 saturated carbocycles. The molecule has 2 N–H and O–H groups in total. The van der Waals surface area contributed by atoms with Gasteiger partial charge in [0.15, 0.2) is 0 Å². The molecule has 2 heterocycles. The van der Waals surface area contributed by atoms with Gasteiger partial charge in [-0.2, -0.15) is 5.10 Å². The van der Waals surface area contributed by atoms with Crippen LogP contribution in [-0.2, 0) is 13.1 Å². The van der Waals surface area contributed by atoms with Gasteiger partial charge in [0, 0.05) is 57.8 Å². The zero-order valence-electron chi connectivity index (χ0n) is 14.5. The Morgan fingerprint density at radius 3 is 3.04 bits per heavy atom. The maximum Gasteiger partial charge on any atom is 0.253 e. The van der Waals surface area contributed by atoms with Crippen LogP contribution in [0.4, 0.5) is 5.82 Å². The fourth-order valence-electron chi connectivity index (χ4n) is 3.01. The Kier molecular flexibility index (Phi) is 4.85. The summed E-state index contributed by atoms with van der Waals surface area (Å²) in [6, 6.07) is 9.89. The molecule has 6 nitrogen and oxygen atoms in total. The van der Waals surface area contributed by atoms with Gasteiger partial charge in [0.1, 0.15) is 5.82 Å². The molecule has 0 fully saturated rings. The summed E-state index contributed by atoms with van der Waals surface area (Å²) in [4.78, 5) is 13.6. The second-order valence-electron chi connectivity index (χ2n) is 6.63. The molecular formula is C18H25N5O. The molecule has 1 aliphatic heterocycles. The van der Waals surface area contributed by atoms with E-state index in [4.69, 9.17) is 0 Å². The summed E-state index contributed by atoms with van der Waals surface area (Å²) in [5.41, 5.74) is 2.91. The van der Waals surface area contributed by atoms with Crippen molar-refractivity contribution in [2.45, 2.75) is 20.0 Å². The van der Waals surface area contributed by atoms with E-state index in [1.54, 1.807) is 19.0 Å². The SMILES string of the molecule is Cc1cc2n(n1)C[C@H](CNCc1cccc(C(=O)N(C)C)c1)CN2. The topological polar surface area (TPSA) is 62.2 Å². The average Bonchev–Trinajstić information content (AvgIpc) is 2.93. The van der Waals surface area contributed by atoms with Gasteiger partial charge in [-0.3, -0.25) is 4.79 Å². The lowest BCUT2D eigenvalue weighted by Gasteiger charge is -2.25. The van der Waals surface area contributed by atoms with Crippen LogP contribution in [0.2, 0.25) is 0 Å². The van der Waals surface area contributed by atoms with Crippen molar-refractivity contribution in [3.05, 3.63) is 47.2 Å². The highest BCUT2D eigenvalue weighted by atomic mass is 16.2. The first-order chi connectivity index (χ1) is 11.5. The second kappa shape index (κ2) is 7.05. The quantitative estimate of drug-likeness (QED) is 0.878. The number of carbonyl (C=O) groups excluding carboxylic acids is 1. The maximum absolute atomic E-state index is 12.0. The van der Waals surface area contributed by atoms with Gasteiger partial charge in [0.05, 0.1) is 5.69 Å². The number of rotatable bonds is 5. The normalized spacial score (nSPS) is 16.4. The minimum Gasteiger partial charge on any atom is -0.370 e. The molecule has 1 aliphatic rings. The van der Waals surface area contributed by atoms with Crippen LogP contribution in [0.25, 0.3) is 0 Å². The third-order valence-electron chi connectivity index (χ3n) is 4.25. The van der Waals surface area contributed by atoms with Crippen LogP contribution < -0.4 is 10.6 Å². The minimum absolute atomic E-state index is 0.0370. The zero-order chi connectivity index (χ0) is 17.1. The largest absolute Gasteiger partial charge is 0.370 e. The van der Waals surface area contributed by atoms with Gasteiger partial charge in [-0.1, -0.05) is 12.1 Å². The monoisotopic (exact) mass is 327 g/mol. The molecule has 0 bridgehead atoms. The molecular weight excluding hydrogens is 302 g/mol. The summed E-state index contributed by atoms with van der Waals surface area (Å²) in [6.45, 7) is 5.58. The Morgan fingerprint density at radius 2 is 2.25 bits per heavy atom. The van der Waals surface area contributed by atoms with E-state index >= 15 is 0 Å². The Balaban J connectivity index is 1.52. The standard InChI is InChI=1S/C18H25N5O/c1-13-7-17-20-11-15(12-23(17)21-13)10-19-9-14-5-4-6-16(8-14)18(24)22(2)3/h4-8,15,19-20H,9-12H2,1-3H3/t15-/m1/s1. The highest BCUT2D eigenvalue weighted by Crippen LogP contribution is 2.18. The number of aryl methyl sites for hydroxylation is 1. The fraction of sp³-hybridized carbons (Fsp3) is 0.444. The lowest BCUT2D eigenvalue weighted by Crippen LogP contribution is -2.35. The number of nitrogens with one attached hydrogen (secondary N) is 2. The number of fused-ring (bicyclic) bond motifs is 1. The second-order valence-corrected chi connectivity index (χ2v) is 6.63. The van der Waals surface area contributed by atoms with Gasteiger partial charge in [-0.25, -0.2) is 4.68 Å². The van der Waals surface area contributed by atoms with Gasteiger partial charge < -0.3 is 15.5 Å². The van der Waals surface area contributed by atoms with Crippen LogP contribution in [0.3, 0.4) is 0 Å². The predicted molar refractivity (Wildman–Crippen MR) is 95.1 cm³/mol. The summed E-state index contributed by atoms with van der Waals surface area (Å²) < 4.78 is 2.04. The van der Waals surface area contributed by atoms with E-state index in [1.165, 1.54) is 0 Å². The number of benzene rings is 1. The van der Waals surface area contributed by atoms with Crippen LogP contribution in [0.5, 0.6) is 0 Å². The molecule has 1 amide bonds. The molecule has 3 rings (SSSR count). The zero-order valence-corrected chi connectivity index (χ0v) is 14.5. The Morgan fingerprint density at radius 1 is 1.42 bits per heavy atom. The van der Waals surface area contributed by atoms with E-state index in [0.717, 1.165) is 48.8 Å². The summed E-state index contributed by atoms with van der Waals surface area (Å²) in [5.74, 6) is 1.65. The third-order valence-corrected chi connectivity index (χ3v) is 4.25. The van der Waals surface area contributed by atoms with Crippen molar-refractivity contribution >= 4 is 11.7 Å². The fourth-order valence-corrected chi connectivity index (χ4v) is 3.01. The van der Waals surface area contributed by atoms with Gasteiger partial charge in [-0.05, 0) is 24.6 Å². The molecule has 1 aromatic carbocycles. The minimum atomic E-state index is 0.0370. The molecule has 0 aliphatic carbocycles. The Hall–Kier alpha value is -2.34. The van der Waals surface area contributed by atoms with Crippen molar-refractivity contribution in [1.29, 1.82) is 0 Å². The number of hydrogen-bond acceptors (Lipinski definition) is 4. The van der Waals surface area contributed by atoms with E-state index in [2.05, 4.69) is 21.8 Å². The van der Waals surface area contributed by atoms with Crippen molar-refractivity contribution in [3.8, 4) is 0 Å². The Labute approximate surface area is 142 Å². The van der Waals surface area contributed by atoms with Gasteiger partial charge in [-0.15, -0.1) is 0 Å². The number of hydrogen-bond donors (Lipinski definition) is 2. The summed E-state index contributed by atoms with van der Waals surface area (Å²) in [6.07, 6.45) is 0. The van der Waals surface area contributed by atoms with Crippen LogP contribution in [0.15, 0.2) is 30.3 Å². The average molecular weight is 327 g/mol. The van der Waals surface area contributed by atoms with Crippen molar-refractivity contribution in [2.24, 2.45) is 5.92 Å². The Bertz CT molecular complexity index is 722. The third kappa shape index (κ3) is 3.76. The highest BCUT2D eigenvalue weighted by Gasteiger charge is 2.18. The van der Waals surface area contributed by atoms with Crippen molar-refractivity contribution in [3.63, 3.8) is 0 Å². The van der Waals surface area contributed by atoms with Crippen LogP contribution in [0.1, 0.15) is 21.6 Å². The maximum atomic E-state index is 12.0. The number of nitrogens with zero attached hydrogens (tertiary/aromatic N) is 3. The van der Waals surface area contributed by atoms with Crippen molar-refractivity contribution < 1.29 is 4.79 Å². The number of carbonyl (C=O) groups is 1. The van der Waals surface area contributed by atoms with Gasteiger partial charge in [0.25, 0.3) is 5.91 Å². The first kappa shape index (κ1) is 16.5. The molecule has 0 unspecified atom stereocenters. The van der Waals surface area contributed by atoms with Crippen LogP contribution in [-0.4, -0.2) is 47.8 Å². The molecule has 0 saturated heterocycles. The number of amides is 1. The summed E-state index contributed by atoms with van der Waals surface area (Å²) in [5, 5.41) is 11.4. The first-order valence-electron chi connectivity index (χ1n) is 8.32. The molecule has 1 atom stereocenters. The van der Waals surface area contributed by atoms with Crippen LogP contribution >= 0.6 is 0 Å². The summed E-state index contributed by atoms with van der Waals surface area (Å²) >= 11 is 0. The van der Waals surface area contributed by atoms with Crippen LogP contribution in [0, 0.1) is 12.8 Å². The lowest BCUT2D eigenvalue weighted by molar-refractivity contribution is 0.0827. The molecule has 24 heavy (non-hydrogen) atoms. The lowest BCUT2D eigenvalue weighted by atomic mass is 10.1. The number of anilines is 1. The van der Waals surface area contributed by atoms with E-state index in [1.807, 2.05) is 35.9 Å². The molecule has 0 radical (unpaired) electrons. The van der Waals surface area contributed by atoms with E-state index < -0.39 is 0 Å². The van der Waals surface area contributed by atoms with E-state index in [0.29, 0.717) is 5.92 Å². The van der Waals surface area contributed by atoms with E-state index in [-0.39, 0.29) is 5.91 Å². The molecule has 0 spiro atoms. The predicted octanol–water partition coefficient (Wildman–Crippen LogP) is 1.72.